The SMILES string of the molecule is COCCN(CCO)Cc1cn[nH]c1-c1cccc(Cl)c1. The Kier molecular flexibility index (Phi) is 6.20. The first-order chi connectivity index (χ1) is 10.2. The van der Waals surface area contributed by atoms with Gasteiger partial charge < -0.3 is 9.84 Å². The molecule has 0 amide bonds. The number of ether oxygens (including phenoxy) is 1. The van der Waals surface area contributed by atoms with Gasteiger partial charge in [0.05, 0.1) is 25.1 Å². The van der Waals surface area contributed by atoms with Gasteiger partial charge in [0.1, 0.15) is 0 Å². The van der Waals surface area contributed by atoms with Gasteiger partial charge >= 0.3 is 0 Å². The van der Waals surface area contributed by atoms with Crippen molar-refractivity contribution in [2.45, 2.75) is 6.54 Å². The maximum atomic E-state index is 9.16. The van der Waals surface area contributed by atoms with E-state index in [1.54, 1.807) is 7.11 Å². The van der Waals surface area contributed by atoms with Crippen molar-refractivity contribution in [2.24, 2.45) is 0 Å². The molecule has 6 heteroatoms. The molecule has 0 aliphatic rings. The second kappa shape index (κ2) is 8.14. The number of aliphatic hydroxyl groups is 1. The van der Waals surface area contributed by atoms with Gasteiger partial charge in [-0.2, -0.15) is 5.10 Å². The largest absolute Gasteiger partial charge is 0.395 e. The third-order valence-corrected chi connectivity index (χ3v) is 3.49. The summed E-state index contributed by atoms with van der Waals surface area (Å²) in [6.07, 6.45) is 1.81. The van der Waals surface area contributed by atoms with E-state index in [2.05, 4.69) is 15.1 Å². The van der Waals surface area contributed by atoms with Crippen molar-refractivity contribution in [3.8, 4) is 11.3 Å². The number of methoxy groups -OCH3 is 1. The second-order valence-electron chi connectivity index (χ2n) is 4.77. The van der Waals surface area contributed by atoms with Gasteiger partial charge in [0.2, 0.25) is 0 Å². The topological polar surface area (TPSA) is 61.4 Å². The van der Waals surface area contributed by atoms with Crippen LogP contribution in [0.1, 0.15) is 5.56 Å². The number of H-pyrrole nitrogens is 1. The van der Waals surface area contributed by atoms with E-state index >= 15 is 0 Å². The molecule has 21 heavy (non-hydrogen) atoms. The molecule has 0 saturated heterocycles. The van der Waals surface area contributed by atoms with E-state index in [-0.39, 0.29) is 6.61 Å². The van der Waals surface area contributed by atoms with Gasteiger partial charge in [-0.05, 0) is 12.1 Å². The van der Waals surface area contributed by atoms with Gasteiger partial charge in [-0.1, -0.05) is 23.7 Å². The van der Waals surface area contributed by atoms with Crippen molar-refractivity contribution in [1.82, 2.24) is 15.1 Å². The highest BCUT2D eigenvalue weighted by Crippen LogP contribution is 2.24. The molecular formula is C15H20ClN3O2. The number of halogens is 1. The van der Waals surface area contributed by atoms with Gasteiger partial charge in [-0.3, -0.25) is 10.00 Å². The predicted molar refractivity (Wildman–Crippen MR) is 83.3 cm³/mol. The van der Waals surface area contributed by atoms with Crippen LogP contribution in [-0.2, 0) is 11.3 Å². The number of nitrogens with one attached hydrogen (secondary N) is 1. The molecule has 0 spiro atoms. The molecule has 2 rings (SSSR count). The first-order valence-electron chi connectivity index (χ1n) is 6.85. The fourth-order valence-electron chi connectivity index (χ4n) is 2.20. The summed E-state index contributed by atoms with van der Waals surface area (Å²) >= 11 is 6.04. The summed E-state index contributed by atoms with van der Waals surface area (Å²) < 4.78 is 5.10. The summed E-state index contributed by atoms with van der Waals surface area (Å²) in [5.41, 5.74) is 3.03. The van der Waals surface area contributed by atoms with Crippen LogP contribution in [0.25, 0.3) is 11.3 Å². The third-order valence-electron chi connectivity index (χ3n) is 3.25. The monoisotopic (exact) mass is 309 g/mol. The predicted octanol–water partition coefficient (Wildman–Crippen LogP) is 2.17. The summed E-state index contributed by atoms with van der Waals surface area (Å²) in [4.78, 5) is 2.13. The summed E-state index contributed by atoms with van der Waals surface area (Å²) in [5.74, 6) is 0. The lowest BCUT2D eigenvalue weighted by Crippen LogP contribution is -2.29. The highest BCUT2D eigenvalue weighted by molar-refractivity contribution is 6.30. The molecule has 0 bridgehead atoms. The molecule has 1 aromatic carbocycles. The van der Waals surface area contributed by atoms with Crippen LogP contribution in [0.4, 0.5) is 0 Å². The Morgan fingerprint density at radius 1 is 1.38 bits per heavy atom. The second-order valence-corrected chi connectivity index (χ2v) is 5.21. The van der Waals surface area contributed by atoms with Crippen molar-refractivity contribution in [3.63, 3.8) is 0 Å². The number of nitrogens with zero attached hydrogens (tertiary/aromatic N) is 2. The average molecular weight is 310 g/mol. The number of benzene rings is 1. The lowest BCUT2D eigenvalue weighted by Gasteiger charge is -2.20. The Morgan fingerprint density at radius 2 is 2.24 bits per heavy atom. The van der Waals surface area contributed by atoms with Crippen LogP contribution in [0.3, 0.4) is 0 Å². The number of aromatic amines is 1. The van der Waals surface area contributed by atoms with Crippen molar-refractivity contribution < 1.29 is 9.84 Å². The quantitative estimate of drug-likeness (QED) is 0.784. The Labute approximate surface area is 129 Å². The van der Waals surface area contributed by atoms with Crippen molar-refractivity contribution in [2.75, 3.05) is 33.4 Å². The third kappa shape index (κ3) is 4.54. The van der Waals surface area contributed by atoms with Crippen LogP contribution in [0.2, 0.25) is 5.02 Å². The molecule has 2 aromatic rings. The Morgan fingerprint density at radius 3 is 2.95 bits per heavy atom. The smallest absolute Gasteiger partial charge is 0.0695 e. The fraction of sp³-hybridized carbons (Fsp3) is 0.400. The zero-order valence-electron chi connectivity index (χ0n) is 12.1. The molecule has 0 saturated carbocycles. The molecule has 0 aliphatic carbocycles. The van der Waals surface area contributed by atoms with Crippen LogP contribution in [0.15, 0.2) is 30.5 Å². The Hall–Kier alpha value is -1.40. The van der Waals surface area contributed by atoms with E-state index in [1.807, 2.05) is 30.5 Å². The minimum Gasteiger partial charge on any atom is -0.395 e. The van der Waals surface area contributed by atoms with Crippen LogP contribution in [0, 0.1) is 0 Å². The summed E-state index contributed by atoms with van der Waals surface area (Å²) in [5, 5.41) is 17.0. The molecule has 2 N–H and O–H groups in total. The van der Waals surface area contributed by atoms with Gasteiger partial charge in [0.25, 0.3) is 0 Å². The summed E-state index contributed by atoms with van der Waals surface area (Å²) in [6.45, 7) is 2.81. The van der Waals surface area contributed by atoms with Crippen molar-refractivity contribution in [1.29, 1.82) is 0 Å². The van der Waals surface area contributed by atoms with E-state index in [0.717, 1.165) is 23.4 Å². The van der Waals surface area contributed by atoms with Crippen molar-refractivity contribution in [3.05, 3.63) is 41.0 Å². The van der Waals surface area contributed by atoms with Crippen LogP contribution < -0.4 is 0 Å². The highest BCUT2D eigenvalue weighted by Gasteiger charge is 2.12. The van der Waals surface area contributed by atoms with Gasteiger partial charge in [0.15, 0.2) is 0 Å². The number of aromatic nitrogens is 2. The normalized spacial score (nSPS) is 11.2. The number of aliphatic hydroxyl groups excluding tert-OH is 1. The number of hydrogen-bond acceptors (Lipinski definition) is 4. The van der Waals surface area contributed by atoms with E-state index in [4.69, 9.17) is 21.4 Å². The van der Waals surface area contributed by atoms with Gasteiger partial charge in [-0.15, -0.1) is 0 Å². The molecule has 0 fully saturated rings. The van der Waals surface area contributed by atoms with Crippen LogP contribution in [-0.4, -0.2) is 53.6 Å². The Balaban J connectivity index is 2.15. The lowest BCUT2D eigenvalue weighted by molar-refractivity contribution is 0.127. The molecule has 0 atom stereocenters. The van der Waals surface area contributed by atoms with Gasteiger partial charge in [-0.25, -0.2) is 0 Å². The molecule has 1 heterocycles. The molecular weight excluding hydrogens is 290 g/mol. The zero-order chi connectivity index (χ0) is 15.1. The van der Waals surface area contributed by atoms with Crippen LogP contribution in [0.5, 0.6) is 0 Å². The van der Waals surface area contributed by atoms with E-state index in [9.17, 15) is 0 Å². The number of hydrogen-bond donors (Lipinski definition) is 2. The maximum Gasteiger partial charge on any atom is 0.0695 e. The minimum atomic E-state index is 0.119. The minimum absolute atomic E-state index is 0.119. The molecule has 1 aromatic heterocycles. The molecule has 0 aliphatic heterocycles. The molecule has 114 valence electrons. The maximum absolute atomic E-state index is 9.16. The first kappa shape index (κ1) is 16.0. The molecule has 0 radical (unpaired) electrons. The summed E-state index contributed by atoms with van der Waals surface area (Å²) in [7, 11) is 1.67. The fourth-order valence-corrected chi connectivity index (χ4v) is 2.39. The highest BCUT2D eigenvalue weighted by atomic mass is 35.5. The lowest BCUT2D eigenvalue weighted by atomic mass is 10.1. The summed E-state index contributed by atoms with van der Waals surface area (Å²) in [6, 6.07) is 7.66. The molecule has 5 nitrogen and oxygen atoms in total. The zero-order valence-corrected chi connectivity index (χ0v) is 12.8. The Bertz CT molecular complexity index is 559. The van der Waals surface area contributed by atoms with E-state index in [0.29, 0.717) is 24.7 Å². The average Bonchev–Trinajstić information content (AvgIpc) is 2.93. The van der Waals surface area contributed by atoms with Gasteiger partial charge in [0, 0.05) is 42.9 Å². The standard InChI is InChI=1S/C15H20ClN3O2/c1-21-8-6-19(5-7-20)11-13-10-17-18-15(13)12-3-2-4-14(16)9-12/h2-4,9-10,20H,5-8,11H2,1H3,(H,17,18). The van der Waals surface area contributed by atoms with Crippen LogP contribution >= 0.6 is 11.6 Å². The number of rotatable bonds is 8. The van der Waals surface area contributed by atoms with Crippen molar-refractivity contribution >= 4 is 11.6 Å². The van der Waals surface area contributed by atoms with E-state index < -0.39 is 0 Å². The van der Waals surface area contributed by atoms with E-state index in [1.165, 1.54) is 0 Å². The molecule has 0 unspecified atom stereocenters. The first-order valence-corrected chi connectivity index (χ1v) is 7.22.